The van der Waals surface area contributed by atoms with Crippen molar-refractivity contribution in [1.82, 2.24) is 15.5 Å². The molecule has 0 saturated heterocycles. The first-order valence-electron chi connectivity index (χ1n) is 8.70. The highest BCUT2D eigenvalue weighted by Gasteiger charge is 2.38. The molecule has 0 radical (unpaired) electrons. The number of aromatic nitrogens is 2. The lowest BCUT2D eigenvalue weighted by molar-refractivity contribution is -0.124. The van der Waals surface area contributed by atoms with Crippen LogP contribution in [0.5, 0.6) is 0 Å². The van der Waals surface area contributed by atoms with Gasteiger partial charge in [0.15, 0.2) is 0 Å². The highest BCUT2D eigenvalue weighted by molar-refractivity contribution is 5.84. The highest BCUT2D eigenvalue weighted by Crippen LogP contribution is 2.43. The Hall–Kier alpha value is -2.17. The van der Waals surface area contributed by atoms with E-state index in [9.17, 15) is 4.79 Å². The van der Waals surface area contributed by atoms with E-state index in [-0.39, 0.29) is 17.9 Å². The first-order chi connectivity index (χ1) is 11.5. The second kappa shape index (κ2) is 7.16. The number of rotatable bonds is 7. The molecule has 1 amide bonds. The third kappa shape index (κ3) is 4.02. The van der Waals surface area contributed by atoms with Crippen molar-refractivity contribution >= 4 is 5.91 Å². The summed E-state index contributed by atoms with van der Waals surface area (Å²) in [6, 6.07) is 9.81. The van der Waals surface area contributed by atoms with Crippen molar-refractivity contribution in [3.8, 4) is 0 Å². The molecular weight excluding hydrogens is 302 g/mol. The molecule has 1 N–H and O–H groups in total. The Morgan fingerprint density at radius 1 is 1.25 bits per heavy atom. The van der Waals surface area contributed by atoms with E-state index in [1.54, 1.807) is 6.92 Å². The Labute approximate surface area is 142 Å². The Morgan fingerprint density at radius 2 is 1.96 bits per heavy atom. The average Bonchev–Trinajstić information content (AvgIpc) is 3.27. The first kappa shape index (κ1) is 16.7. The van der Waals surface area contributed by atoms with Crippen molar-refractivity contribution in [3.63, 3.8) is 0 Å². The maximum atomic E-state index is 13.0. The number of hydrogen-bond donors (Lipinski definition) is 1. The Morgan fingerprint density at radius 3 is 2.50 bits per heavy atom. The molecule has 1 aromatic carbocycles. The molecule has 1 saturated carbocycles. The standard InChI is InChI=1S/C19H25N3O2/c1-12(2)11-16(19-22-21-13(3)24-19)20-18(23)17(15-9-10-15)14-7-5-4-6-8-14/h4-8,12,15-17H,9-11H2,1-3H3,(H,20,23). The molecule has 5 heteroatoms. The van der Waals surface area contributed by atoms with Gasteiger partial charge < -0.3 is 9.73 Å². The van der Waals surface area contributed by atoms with Crippen LogP contribution in [-0.4, -0.2) is 16.1 Å². The van der Waals surface area contributed by atoms with E-state index in [1.807, 2.05) is 30.3 Å². The minimum atomic E-state index is -0.233. The topological polar surface area (TPSA) is 68.0 Å². The third-order valence-electron chi connectivity index (χ3n) is 4.40. The predicted molar refractivity (Wildman–Crippen MR) is 91.3 cm³/mol. The van der Waals surface area contributed by atoms with Crippen LogP contribution in [0.15, 0.2) is 34.7 Å². The summed E-state index contributed by atoms with van der Waals surface area (Å²) in [6.07, 6.45) is 3.00. The average molecular weight is 327 g/mol. The van der Waals surface area contributed by atoms with Gasteiger partial charge >= 0.3 is 0 Å². The number of carbonyl (C=O) groups is 1. The Bertz CT molecular complexity index is 677. The lowest BCUT2D eigenvalue weighted by atomic mass is 9.92. The van der Waals surface area contributed by atoms with E-state index in [4.69, 9.17) is 4.42 Å². The maximum absolute atomic E-state index is 13.0. The summed E-state index contributed by atoms with van der Waals surface area (Å²) in [5.74, 6) is 1.84. The number of benzene rings is 1. The fraction of sp³-hybridized carbons (Fsp3) is 0.526. The van der Waals surface area contributed by atoms with E-state index in [2.05, 4.69) is 29.4 Å². The number of amides is 1. The predicted octanol–water partition coefficient (Wildman–Crippen LogP) is 3.78. The molecule has 1 aliphatic rings. The fourth-order valence-corrected chi connectivity index (χ4v) is 3.13. The number of hydrogen-bond acceptors (Lipinski definition) is 4. The Balaban J connectivity index is 1.78. The zero-order valence-corrected chi connectivity index (χ0v) is 14.5. The van der Waals surface area contributed by atoms with Gasteiger partial charge in [0.25, 0.3) is 0 Å². The molecule has 0 bridgehead atoms. The SMILES string of the molecule is Cc1nnc(C(CC(C)C)NC(=O)C(c2ccccc2)C2CC2)o1. The van der Waals surface area contributed by atoms with E-state index in [0.717, 1.165) is 24.8 Å². The molecule has 3 rings (SSSR count). The second-order valence-corrected chi connectivity index (χ2v) is 7.08. The molecule has 24 heavy (non-hydrogen) atoms. The molecule has 1 aliphatic carbocycles. The number of nitrogens with zero attached hydrogens (tertiary/aromatic N) is 2. The van der Waals surface area contributed by atoms with Crippen LogP contribution >= 0.6 is 0 Å². The van der Waals surface area contributed by atoms with Gasteiger partial charge in [0.1, 0.15) is 6.04 Å². The van der Waals surface area contributed by atoms with Gasteiger partial charge in [0.05, 0.1) is 5.92 Å². The lowest BCUT2D eigenvalue weighted by Crippen LogP contribution is -2.34. The van der Waals surface area contributed by atoms with E-state index in [0.29, 0.717) is 23.6 Å². The quantitative estimate of drug-likeness (QED) is 0.840. The van der Waals surface area contributed by atoms with Crippen molar-refractivity contribution in [1.29, 1.82) is 0 Å². The normalized spacial score (nSPS) is 16.8. The monoisotopic (exact) mass is 327 g/mol. The summed E-state index contributed by atoms with van der Waals surface area (Å²) in [5.41, 5.74) is 1.09. The largest absolute Gasteiger partial charge is 0.423 e. The van der Waals surface area contributed by atoms with Gasteiger partial charge in [0, 0.05) is 6.92 Å². The summed E-state index contributed by atoms with van der Waals surface area (Å²) < 4.78 is 5.57. The molecule has 2 unspecified atom stereocenters. The molecule has 1 aromatic heterocycles. The van der Waals surface area contributed by atoms with Crippen molar-refractivity contribution in [3.05, 3.63) is 47.7 Å². The van der Waals surface area contributed by atoms with Crippen LogP contribution in [0.25, 0.3) is 0 Å². The lowest BCUT2D eigenvalue weighted by Gasteiger charge is -2.22. The van der Waals surface area contributed by atoms with Gasteiger partial charge in [0.2, 0.25) is 17.7 Å². The van der Waals surface area contributed by atoms with Crippen LogP contribution in [0.4, 0.5) is 0 Å². The first-order valence-corrected chi connectivity index (χ1v) is 8.70. The second-order valence-electron chi connectivity index (χ2n) is 7.08. The van der Waals surface area contributed by atoms with Crippen molar-refractivity contribution < 1.29 is 9.21 Å². The van der Waals surface area contributed by atoms with Crippen molar-refractivity contribution in [2.24, 2.45) is 11.8 Å². The molecule has 5 nitrogen and oxygen atoms in total. The van der Waals surface area contributed by atoms with Gasteiger partial charge in [-0.15, -0.1) is 10.2 Å². The summed E-state index contributed by atoms with van der Waals surface area (Å²) in [4.78, 5) is 13.0. The van der Waals surface area contributed by atoms with Crippen LogP contribution in [0.3, 0.4) is 0 Å². The summed E-state index contributed by atoms with van der Waals surface area (Å²) in [5, 5.41) is 11.2. The third-order valence-corrected chi connectivity index (χ3v) is 4.40. The van der Waals surface area contributed by atoms with Crippen LogP contribution in [0.1, 0.15) is 62.4 Å². The fourth-order valence-electron chi connectivity index (χ4n) is 3.13. The maximum Gasteiger partial charge on any atom is 0.238 e. The van der Waals surface area contributed by atoms with Crippen LogP contribution in [0, 0.1) is 18.8 Å². The smallest absolute Gasteiger partial charge is 0.238 e. The molecule has 0 aliphatic heterocycles. The van der Waals surface area contributed by atoms with Gasteiger partial charge in [-0.05, 0) is 36.7 Å². The van der Waals surface area contributed by atoms with E-state index < -0.39 is 0 Å². The minimum Gasteiger partial charge on any atom is -0.423 e. The van der Waals surface area contributed by atoms with Crippen LogP contribution in [0.2, 0.25) is 0 Å². The molecule has 1 fully saturated rings. The molecule has 1 heterocycles. The highest BCUT2D eigenvalue weighted by atomic mass is 16.4. The molecular formula is C19H25N3O2. The molecule has 2 atom stereocenters. The van der Waals surface area contributed by atoms with Gasteiger partial charge in [-0.1, -0.05) is 44.2 Å². The van der Waals surface area contributed by atoms with Gasteiger partial charge in [-0.3, -0.25) is 4.79 Å². The van der Waals surface area contributed by atoms with Crippen LogP contribution < -0.4 is 5.32 Å². The number of nitrogens with one attached hydrogen (secondary N) is 1. The molecule has 2 aromatic rings. The zero-order valence-electron chi connectivity index (χ0n) is 14.5. The summed E-state index contributed by atoms with van der Waals surface area (Å²) >= 11 is 0. The minimum absolute atomic E-state index is 0.0604. The van der Waals surface area contributed by atoms with Crippen molar-refractivity contribution in [2.45, 2.75) is 52.0 Å². The number of aryl methyl sites for hydroxylation is 1. The van der Waals surface area contributed by atoms with Gasteiger partial charge in [-0.25, -0.2) is 0 Å². The molecule has 0 spiro atoms. The van der Waals surface area contributed by atoms with Crippen LogP contribution in [-0.2, 0) is 4.79 Å². The number of carbonyl (C=O) groups excluding carboxylic acids is 1. The summed E-state index contributed by atoms with van der Waals surface area (Å²) in [7, 11) is 0. The molecule has 128 valence electrons. The van der Waals surface area contributed by atoms with Gasteiger partial charge in [-0.2, -0.15) is 0 Å². The van der Waals surface area contributed by atoms with E-state index >= 15 is 0 Å². The zero-order chi connectivity index (χ0) is 17.1. The van der Waals surface area contributed by atoms with E-state index in [1.165, 1.54) is 0 Å². The summed E-state index contributed by atoms with van der Waals surface area (Å²) in [6.45, 7) is 6.01. The Kier molecular flexibility index (Phi) is 4.97. The van der Waals surface area contributed by atoms with Crippen molar-refractivity contribution in [2.75, 3.05) is 0 Å².